The van der Waals surface area contributed by atoms with Crippen molar-refractivity contribution in [1.29, 1.82) is 0 Å². The third-order valence-corrected chi connectivity index (χ3v) is 3.53. The summed E-state index contributed by atoms with van der Waals surface area (Å²) in [5.74, 6) is -2.63. The molecule has 1 unspecified atom stereocenters. The Hall–Kier alpha value is -0.950. The van der Waals surface area contributed by atoms with Gasteiger partial charge in [-0.2, -0.15) is 0 Å². The predicted molar refractivity (Wildman–Crippen MR) is 49.1 cm³/mol. The number of carboxylic acids is 1. The second-order valence-electron chi connectivity index (χ2n) is 3.06. The first kappa shape index (κ1) is 13.1. The zero-order valence-electron chi connectivity index (χ0n) is 7.98. The Morgan fingerprint density at radius 3 is 2.07 bits per heavy atom. The van der Waals surface area contributed by atoms with Crippen LogP contribution in [0.1, 0.15) is 26.7 Å². The van der Waals surface area contributed by atoms with Crippen molar-refractivity contribution in [3.05, 3.63) is 0 Å². The van der Waals surface area contributed by atoms with E-state index in [4.69, 9.17) is 10.2 Å². The van der Waals surface area contributed by atoms with Gasteiger partial charge in [-0.3, -0.25) is 4.79 Å². The number of carboxylic acid groups (broad SMARTS) is 1. The van der Waals surface area contributed by atoms with Crippen molar-refractivity contribution in [2.45, 2.75) is 31.4 Å². The van der Waals surface area contributed by atoms with E-state index in [1.807, 2.05) is 0 Å². The summed E-state index contributed by atoms with van der Waals surface area (Å²) in [5, 5.41) is 13.4. The third-order valence-electron chi connectivity index (χ3n) is 1.99. The van der Waals surface area contributed by atoms with Gasteiger partial charge in [0.1, 0.15) is 0 Å². The van der Waals surface area contributed by atoms with Crippen LogP contribution in [0, 0.1) is 0 Å². The molecule has 0 aromatic carbocycles. The Morgan fingerprint density at radius 2 is 1.86 bits per heavy atom. The monoisotopic (exact) mass is 223 g/mol. The summed E-state index contributed by atoms with van der Waals surface area (Å²) >= 11 is 0. The number of rotatable bonds is 5. The van der Waals surface area contributed by atoms with Crippen LogP contribution in [0.5, 0.6) is 0 Å². The van der Waals surface area contributed by atoms with E-state index in [-0.39, 0.29) is 6.42 Å². The van der Waals surface area contributed by atoms with Gasteiger partial charge in [0.25, 0.3) is 0 Å². The number of carbonyl (C=O) groups is 2. The first-order chi connectivity index (χ1) is 6.17. The number of carbonyl (C=O) groups excluding carboxylic acids is 1. The van der Waals surface area contributed by atoms with Crippen molar-refractivity contribution >= 4 is 21.8 Å². The van der Waals surface area contributed by atoms with E-state index in [1.165, 1.54) is 0 Å². The van der Waals surface area contributed by atoms with Gasteiger partial charge in [-0.05, 0) is 13.3 Å². The minimum Gasteiger partial charge on any atom is -0.480 e. The lowest BCUT2D eigenvalue weighted by atomic mass is 10.0. The molecular formula is C7H13NO5S. The fourth-order valence-electron chi connectivity index (χ4n) is 0.865. The van der Waals surface area contributed by atoms with Gasteiger partial charge in [0.15, 0.2) is 5.78 Å². The quantitative estimate of drug-likeness (QED) is 0.609. The highest BCUT2D eigenvalue weighted by atomic mass is 32.2. The predicted octanol–water partition coefficient (Wildman–Crippen LogP) is -0.513. The average Bonchev–Trinajstić information content (AvgIpc) is 2.00. The van der Waals surface area contributed by atoms with E-state index in [9.17, 15) is 18.0 Å². The molecule has 0 saturated carbocycles. The zero-order chi connectivity index (χ0) is 11.6. The van der Waals surface area contributed by atoms with Gasteiger partial charge in [-0.15, -0.1) is 0 Å². The van der Waals surface area contributed by atoms with Crippen LogP contribution in [-0.2, 0) is 19.6 Å². The van der Waals surface area contributed by atoms with Crippen molar-refractivity contribution in [1.82, 2.24) is 0 Å². The van der Waals surface area contributed by atoms with Crippen LogP contribution in [0.15, 0.2) is 0 Å². The molecule has 14 heavy (non-hydrogen) atoms. The fraction of sp³-hybridized carbons (Fsp3) is 0.714. The molecule has 7 heteroatoms. The van der Waals surface area contributed by atoms with Gasteiger partial charge in [-0.1, -0.05) is 6.92 Å². The molecule has 0 saturated heterocycles. The maximum Gasteiger partial charge on any atom is 0.333 e. The number of hydrogen-bond acceptors (Lipinski definition) is 4. The Labute approximate surface area is 82.1 Å². The molecular weight excluding hydrogens is 210 g/mol. The van der Waals surface area contributed by atoms with Crippen LogP contribution >= 0.6 is 0 Å². The lowest BCUT2D eigenvalue weighted by molar-refractivity contribution is -0.143. The molecule has 0 amide bonds. The van der Waals surface area contributed by atoms with Crippen LogP contribution in [0.2, 0.25) is 0 Å². The van der Waals surface area contributed by atoms with Crippen molar-refractivity contribution in [2.75, 3.05) is 0 Å². The zero-order valence-corrected chi connectivity index (χ0v) is 8.80. The van der Waals surface area contributed by atoms with Gasteiger partial charge >= 0.3 is 5.97 Å². The highest BCUT2D eigenvalue weighted by Gasteiger charge is 2.50. The molecule has 6 nitrogen and oxygen atoms in total. The molecule has 3 N–H and O–H groups in total. The maximum atomic E-state index is 11.3. The van der Waals surface area contributed by atoms with E-state index in [0.29, 0.717) is 6.42 Å². The minimum absolute atomic E-state index is 0.126. The van der Waals surface area contributed by atoms with Crippen LogP contribution in [-0.4, -0.2) is 30.0 Å². The molecule has 0 bridgehead atoms. The molecule has 0 fully saturated rings. The van der Waals surface area contributed by atoms with Crippen LogP contribution < -0.4 is 5.14 Å². The summed E-state index contributed by atoms with van der Waals surface area (Å²) in [4.78, 5) is 22.0. The first-order valence-electron chi connectivity index (χ1n) is 3.97. The summed E-state index contributed by atoms with van der Waals surface area (Å²) in [6, 6.07) is 0. The number of Topliss-reactive ketones (excluding diaryl/α,β-unsaturated/α-hetero) is 1. The molecule has 82 valence electrons. The normalized spacial score (nSPS) is 15.9. The van der Waals surface area contributed by atoms with Crippen LogP contribution in [0.25, 0.3) is 0 Å². The van der Waals surface area contributed by atoms with E-state index < -0.39 is 26.5 Å². The molecule has 0 aromatic heterocycles. The molecule has 0 spiro atoms. The minimum atomic E-state index is -4.43. The van der Waals surface area contributed by atoms with E-state index in [2.05, 4.69) is 0 Å². The van der Waals surface area contributed by atoms with Crippen LogP contribution in [0.3, 0.4) is 0 Å². The summed E-state index contributed by atoms with van der Waals surface area (Å²) < 4.78 is 19.4. The number of hydrogen-bond donors (Lipinski definition) is 2. The second-order valence-corrected chi connectivity index (χ2v) is 4.96. The molecule has 0 aromatic rings. The van der Waals surface area contributed by atoms with E-state index >= 15 is 0 Å². The van der Waals surface area contributed by atoms with Crippen molar-refractivity contribution in [3.63, 3.8) is 0 Å². The lowest BCUT2D eigenvalue weighted by Gasteiger charge is -2.20. The highest BCUT2D eigenvalue weighted by molar-refractivity contribution is 7.92. The van der Waals surface area contributed by atoms with Gasteiger partial charge in [-0.25, -0.2) is 18.4 Å². The van der Waals surface area contributed by atoms with Crippen molar-refractivity contribution < 1.29 is 23.1 Å². The molecule has 0 aliphatic rings. The highest BCUT2D eigenvalue weighted by Crippen LogP contribution is 2.18. The second kappa shape index (κ2) is 4.05. The van der Waals surface area contributed by atoms with Crippen molar-refractivity contribution in [3.8, 4) is 0 Å². The number of aliphatic carboxylic acids is 1. The number of sulfonamides is 1. The van der Waals surface area contributed by atoms with Crippen LogP contribution in [0.4, 0.5) is 0 Å². The summed E-state index contributed by atoms with van der Waals surface area (Å²) in [6.45, 7) is 2.45. The average molecular weight is 223 g/mol. The smallest absolute Gasteiger partial charge is 0.333 e. The van der Waals surface area contributed by atoms with E-state index in [1.54, 1.807) is 6.92 Å². The summed E-state index contributed by atoms with van der Waals surface area (Å²) in [5.41, 5.74) is 0. The maximum absolute atomic E-state index is 11.3. The standard InChI is InChI=1S/C7H13NO5S/c1-3-4-5(9)7(2,6(10)11)14(8,12)13/h3-4H2,1-2H3,(H,10,11)(H2,8,12,13). The van der Waals surface area contributed by atoms with Gasteiger partial charge < -0.3 is 5.11 Å². The number of nitrogens with two attached hydrogens (primary N) is 1. The van der Waals surface area contributed by atoms with Gasteiger partial charge in [0, 0.05) is 6.42 Å². The number of primary sulfonamides is 1. The largest absolute Gasteiger partial charge is 0.480 e. The van der Waals surface area contributed by atoms with Gasteiger partial charge in [0.05, 0.1) is 0 Å². The van der Waals surface area contributed by atoms with Crippen molar-refractivity contribution in [2.24, 2.45) is 5.14 Å². The Balaban J connectivity index is 5.35. The van der Waals surface area contributed by atoms with Gasteiger partial charge in [0.2, 0.25) is 14.8 Å². The summed E-state index contributed by atoms with van der Waals surface area (Å²) in [6.07, 6.45) is 0.246. The molecule has 1 atom stereocenters. The topological polar surface area (TPSA) is 115 Å². The molecule has 0 aliphatic heterocycles. The molecule has 0 aliphatic carbocycles. The van der Waals surface area contributed by atoms with E-state index in [0.717, 1.165) is 6.92 Å². The lowest BCUT2D eigenvalue weighted by Crippen LogP contribution is -2.53. The SMILES string of the molecule is CCCC(=O)C(C)(C(=O)O)S(N)(=O)=O. The molecule has 0 heterocycles. The number of ketones is 1. The first-order valence-corrected chi connectivity index (χ1v) is 5.51. The third kappa shape index (κ3) is 2.10. The fourth-order valence-corrected chi connectivity index (χ4v) is 1.53. The summed E-state index contributed by atoms with van der Waals surface area (Å²) in [7, 11) is -4.43. The Bertz CT molecular complexity index is 347. The Morgan fingerprint density at radius 1 is 1.43 bits per heavy atom. The Kier molecular flexibility index (Phi) is 3.78. The molecule has 0 radical (unpaired) electrons. The molecule has 0 rings (SSSR count).